The molecule has 0 spiro atoms. The average molecular weight is 214 g/mol. The Labute approximate surface area is 94.2 Å². The fourth-order valence-corrected chi connectivity index (χ4v) is 2.27. The van der Waals surface area contributed by atoms with Gasteiger partial charge in [0.1, 0.15) is 0 Å². The third kappa shape index (κ3) is 4.49. The van der Waals surface area contributed by atoms with Crippen LogP contribution in [0.1, 0.15) is 33.6 Å². The summed E-state index contributed by atoms with van der Waals surface area (Å²) in [6.07, 6.45) is 2.62. The summed E-state index contributed by atoms with van der Waals surface area (Å²) in [5.41, 5.74) is 0.336. The van der Waals surface area contributed by atoms with Crippen molar-refractivity contribution in [2.45, 2.75) is 39.2 Å². The minimum Gasteiger partial charge on any atom is -0.380 e. The van der Waals surface area contributed by atoms with Crippen LogP contribution in [0.3, 0.4) is 0 Å². The highest BCUT2D eigenvalue weighted by Gasteiger charge is 2.29. The first-order chi connectivity index (χ1) is 7.20. The van der Waals surface area contributed by atoms with Crippen LogP contribution in [0.4, 0.5) is 0 Å². The van der Waals surface area contributed by atoms with E-state index >= 15 is 0 Å². The first-order valence-corrected chi connectivity index (χ1v) is 6.25. The molecule has 1 saturated heterocycles. The van der Waals surface area contributed by atoms with Crippen LogP contribution >= 0.6 is 0 Å². The molecule has 1 aliphatic rings. The first kappa shape index (κ1) is 12.9. The molecule has 3 nitrogen and oxygen atoms in total. The van der Waals surface area contributed by atoms with Gasteiger partial charge in [0.2, 0.25) is 0 Å². The van der Waals surface area contributed by atoms with Crippen LogP contribution in [-0.4, -0.2) is 49.8 Å². The lowest BCUT2D eigenvalue weighted by molar-refractivity contribution is 0.104. The molecule has 0 aromatic carbocycles. The van der Waals surface area contributed by atoms with Crippen LogP contribution in [0.25, 0.3) is 0 Å². The normalized spacial score (nSPS) is 26.4. The predicted molar refractivity (Wildman–Crippen MR) is 64.2 cm³/mol. The summed E-state index contributed by atoms with van der Waals surface area (Å²) in [7, 11) is 0. The number of nitrogens with zero attached hydrogens (tertiary/aromatic N) is 1. The minimum atomic E-state index is 0.336. The molecule has 0 bridgehead atoms. The van der Waals surface area contributed by atoms with Gasteiger partial charge in [-0.05, 0) is 39.8 Å². The van der Waals surface area contributed by atoms with Gasteiger partial charge in [-0.25, -0.2) is 0 Å². The lowest BCUT2D eigenvalue weighted by Crippen LogP contribution is -2.48. The van der Waals surface area contributed by atoms with Gasteiger partial charge in [0.25, 0.3) is 0 Å². The number of ether oxygens (including phenoxy) is 1. The van der Waals surface area contributed by atoms with Crippen LogP contribution in [0.2, 0.25) is 0 Å². The molecule has 1 atom stereocenters. The number of rotatable bonds is 7. The molecule has 1 heterocycles. The van der Waals surface area contributed by atoms with Crippen molar-refractivity contribution in [2.24, 2.45) is 0 Å². The molecule has 0 aromatic heterocycles. The molecule has 90 valence electrons. The predicted octanol–water partition coefficient (Wildman–Crippen LogP) is 1.49. The molecular formula is C12H26N2O. The summed E-state index contributed by atoms with van der Waals surface area (Å²) in [5, 5.41) is 3.61. The second-order valence-corrected chi connectivity index (χ2v) is 4.66. The third-order valence-corrected chi connectivity index (χ3v) is 3.23. The fourth-order valence-electron chi connectivity index (χ4n) is 2.27. The summed E-state index contributed by atoms with van der Waals surface area (Å²) in [5.74, 6) is 0. The Morgan fingerprint density at radius 2 is 2.20 bits per heavy atom. The molecule has 0 saturated carbocycles. The quantitative estimate of drug-likeness (QED) is 0.650. The number of likely N-dealkylation sites (N-methyl/N-ethyl adjacent to an activating group) is 1. The Hall–Kier alpha value is -0.120. The molecular weight excluding hydrogens is 188 g/mol. The molecule has 0 amide bonds. The topological polar surface area (TPSA) is 24.5 Å². The molecule has 1 fully saturated rings. The average Bonchev–Trinajstić information content (AvgIpc) is 2.64. The Balaban J connectivity index is 2.25. The molecule has 0 radical (unpaired) electrons. The van der Waals surface area contributed by atoms with E-state index in [4.69, 9.17) is 4.74 Å². The van der Waals surface area contributed by atoms with Crippen molar-refractivity contribution in [3.8, 4) is 0 Å². The SMILES string of the molecule is CCOCCN(CC)CC1(C)CCCN1. The number of hydrogen-bond acceptors (Lipinski definition) is 3. The van der Waals surface area contributed by atoms with Gasteiger partial charge in [-0.1, -0.05) is 6.92 Å². The van der Waals surface area contributed by atoms with Crippen molar-refractivity contribution < 1.29 is 4.74 Å². The summed E-state index contributed by atoms with van der Waals surface area (Å²) in [6.45, 7) is 12.8. The molecule has 1 rings (SSSR count). The van der Waals surface area contributed by atoms with Crippen LogP contribution in [0.15, 0.2) is 0 Å². The van der Waals surface area contributed by atoms with E-state index in [0.717, 1.165) is 32.8 Å². The highest BCUT2D eigenvalue weighted by atomic mass is 16.5. The summed E-state index contributed by atoms with van der Waals surface area (Å²) in [4.78, 5) is 2.48. The van der Waals surface area contributed by atoms with Crippen molar-refractivity contribution in [2.75, 3.05) is 39.4 Å². The van der Waals surface area contributed by atoms with E-state index in [1.165, 1.54) is 19.4 Å². The smallest absolute Gasteiger partial charge is 0.0593 e. The summed E-state index contributed by atoms with van der Waals surface area (Å²) < 4.78 is 5.40. The van der Waals surface area contributed by atoms with Gasteiger partial charge in [0, 0.05) is 25.2 Å². The number of nitrogens with one attached hydrogen (secondary N) is 1. The Kier molecular flexibility index (Phi) is 5.58. The second kappa shape index (κ2) is 6.46. The maximum Gasteiger partial charge on any atom is 0.0593 e. The van der Waals surface area contributed by atoms with E-state index in [-0.39, 0.29) is 0 Å². The monoisotopic (exact) mass is 214 g/mol. The maximum atomic E-state index is 5.40. The molecule has 3 heteroatoms. The highest BCUT2D eigenvalue weighted by Crippen LogP contribution is 2.19. The van der Waals surface area contributed by atoms with E-state index in [0.29, 0.717) is 5.54 Å². The van der Waals surface area contributed by atoms with Crippen LogP contribution in [-0.2, 0) is 4.74 Å². The van der Waals surface area contributed by atoms with Gasteiger partial charge in [-0.15, -0.1) is 0 Å². The van der Waals surface area contributed by atoms with Crippen molar-refractivity contribution in [3.63, 3.8) is 0 Å². The molecule has 0 aliphatic carbocycles. The lowest BCUT2D eigenvalue weighted by atomic mass is 10.00. The Morgan fingerprint density at radius 3 is 2.73 bits per heavy atom. The number of hydrogen-bond donors (Lipinski definition) is 1. The van der Waals surface area contributed by atoms with E-state index in [1.54, 1.807) is 0 Å². The molecule has 15 heavy (non-hydrogen) atoms. The molecule has 1 aliphatic heterocycles. The van der Waals surface area contributed by atoms with Gasteiger partial charge < -0.3 is 10.1 Å². The molecule has 1 unspecified atom stereocenters. The fraction of sp³-hybridized carbons (Fsp3) is 1.00. The largest absolute Gasteiger partial charge is 0.380 e. The van der Waals surface area contributed by atoms with Gasteiger partial charge in [-0.3, -0.25) is 4.90 Å². The zero-order valence-corrected chi connectivity index (χ0v) is 10.5. The highest BCUT2D eigenvalue weighted by molar-refractivity contribution is 4.91. The summed E-state index contributed by atoms with van der Waals surface area (Å²) in [6, 6.07) is 0. The van der Waals surface area contributed by atoms with Crippen LogP contribution in [0, 0.1) is 0 Å². The summed E-state index contributed by atoms with van der Waals surface area (Å²) >= 11 is 0. The lowest BCUT2D eigenvalue weighted by Gasteiger charge is -2.32. The Morgan fingerprint density at radius 1 is 1.40 bits per heavy atom. The van der Waals surface area contributed by atoms with Gasteiger partial charge in [0.15, 0.2) is 0 Å². The van der Waals surface area contributed by atoms with Crippen LogP contribution < -0.4 is 5.32 Å². The zero-order chi connectivity index (χ0) is 11.1. The van der Waals surface area contributed by atoms with E-state index < -0.39 is 0 Å². The maximum absolute atomic E-state index is 5.40. The standard InChI is InChI=1S/C12H26N2O/c1-4-14(9-10-15-5-2)11-12(3)7-6-8-13-12/h13H,4-11H2,1-3H3. The van der Waals surface area contributed by atoms with Gasteiger partial charge in [0.05, 0.1) is 6.61 Å². The zero-order valence-electron chi connectivity index (χ0n) is 10.5. The first-order valence-electron chi connectivity index (χ1n) is 6.25. The van der Waals surface area contributed by atoms with Crippen molar-refractivity contribution in [1.29, 1.82) is 0 Å². The third-order valence-electron chi connectivity index (χ3n) is 3.23. The van der Waals surface area contributed by atoms with E-state index in [1.807, 2.05) is 0 Å². The van der Waals surface area contributed by atoms with Gasteiger partial charge in [-0.2, -0.15) is 0 Å². The van der Waals surface area contributed by atoms with Gasteiger partial charge >= 0.3 is 0 Å². The van der Waals surface area contributed by atoms with E-state index in [2.05, 4.69) is 31.0 Å². The Bertz CT molecular complexity index is 167. The van der Waals surface area contributed by atoms with Crippen LogP contribution in [0.5, 0.6) is 0 Å². The molecule has 1 N–H and O–H groups in total. The van der Waals surface area contributed by atoms with E-state index in [9.17, 15) is 0 Å². The van der Waals surface area contributed by atoms with Crippen molar-refractivity contribution in [1.82, 2.24) is 10.2 Å². The second-order valence-electron chi connectivity index (χ2n) is 4.66. The minimum absolute atomic E-state index is 0.336. The van der Waals surface area contributed by atoms with Crippen molar-refractivity contribution in [3.05, 3.63) is 0 Å². The van der Waals surface area contributed by atoms with Crippen molar-refractivity contribution >= 4 is 0 Å². The molecule has 0 aromatic rings.